The van der Waals surface area contributed by atoms with E-state index in [0.717, 1.165) is 12.8 Å². The number of ketones is 1. The van der Waals surface area contributed by atoms with Gasteiger partial charge >= 0.3 is 0 Å². The first-order valence-electron chi connectivity index (χ1n) is 6.26. The normalized spacial score (nSPS) is 16.4. The summed E-state index contributed by atoms with van der Waals surface area (Å²) >= 11 is 3.19. The third-order valence-corrected chi connectivity index (χ3v) is 4.24. The molecule has 0 aromatic heterocycles. The molecule has 2 rings (SSSR count). The van der Waals surface area contributed by atoms with Crippen molar-refractivity contribution in [3.63, 3.8) is 0 Å². The van der Waals surface area contributed by atoms with E-state index in [4.69, 9.17) is 0 Å². The van der Waals surface area contributed by atoms with Crippen LogP contribution in [-0.2, 0) is 4.79 Å². The molecular weight excluding hydrogens is 310 g/mol. The third kappa shape index (κ3) is 3.15. The average Bonchev–Trinajstić information content (AvgIpc) is 2.41. The number of nitrogens with zero attached hydrogens (tertiary/aromatic N) is 1. The van der Waals surface area contributed by atoms with E-state index in [9.17, 15) is 14.7 Å². The molecule has 1 fully saturated rings. The molecule has 1 saturated carbocycles. The predicted octanol–water partition coefficient (Wildman–Crippen LogP) is 2.74. The van der Waals surface area contributed by atoms with Gasteiger partial charge in [-0.2, -0.15) is 0 Å². The van der Waals surface area contributed by atoms with Gasteiger partial charge in [-0.25, -0.2) is 0 Å². The number of amides is 1. The van der Waals surface area contributed by atoms with Crippen LogP contribution in [0.3, 0.4) is 0 Å². The van der Waals surface area contributed by atoms with E-state index in [-0.39, 0.29) is 23.5 Å². The lowest BCUT2D eigenvalue weighted by molar-refractivity contribution is -0.121. The molecular formula is C14H16BrNO3. The minimum Gasteiger partial charge on any atom is -0.507 e. The Hall–Kier alpha value is -1.36. The molecule has 102 valence electrons. The molecule has 0 heterocycles. The highest BCUT2D eigenvalue weighted by atomic mass is 79.9. The number of hydrogen-bond acceptors (Lipinski definition) is 3. The van der Waals surface area contributed by atoms with Crippen LogP contribution in [0.25, 0.3) is 0 Å². The summed E-state index contributed by atoms with van der Waals surface area (Å²) in [5, 5.41) is 9.61. The Morgan fingerprint density at radius 1 is 1.37 bits per heavy atom. The zero-order valence-electron chi connectivity index (χ0n) is 10.7. The molecule has 4 nitrogen and oxygen atoms in total. The molecule has 0 aliphatic heterocycles. The monoisotopic (exact) mass is 325 g/mol. The molecule has 0 spiro atoms. The number of phenols is 1. The van der Waals surface area contributed by atoms with E-state index >= 15 is 0 Å². The third-order valence-electron chi connectivity index (χ3n) is 3.57. The Morgan fingerprint density at radius 2 is 2.00 bits per heavy atom. The number of phenolic OH excluding ortho intramolecular Hbond substituents is 1. The lowest BCUT2D eigenvalue weighted by atomic mass is 9.93. The van der Waals surface area contributed by atoms with E-state index in [1.165, 1.54) is 6.07 Å². The molecule has 1 aromatic carbocycles. The summed E-state index contributed by atoms with van der Waals surface area (Å²) in [6, 6.07) is 4.89. The second-order valence-corrected chi connectivity index (χ2v) is 5.71. The van der Waals surface area contributed by atoms with Crippen molar-refractivity contribution in [2.45, 2.75) is 31.7 Å². The van der Waals surface area contributed by atoms with Crippen molar-refractivity contribution in [2.75, 3.05) is 7.05 Å². The first-order valence-corrected chi connectivity index (χ1v) is 7.05. The van der Waals surface area contributed by atoms with Crippen molar-refractivity contribution in [1.29, 1.82) is 0 Å². The molecule has 1 amide bonds. The van der Waals surface area contributed by atoms with Crippen LogP contribution in [-0.4, -0.2) is 34.8 Å². The molecule has 0 radical (unpaired) electrons. The van der Waals surface area contributed by atoms with Crippen LogP contribution >= 0.6 is 15.9 Å². The number of halogens is 1. The summed E-state index contributed by atoms with van der Waals surface area (Å²) in [6.07, 6.45) is 2.55. The zero-order valence-corrected chi connectivity index (χ0v) is 12.3. The molecule has 1 aliphatic carbocycles. The highest BCUT2D eigenvalue weighted by molar-refractivity contribution is 9.10. The molecule has 0 saturated heterocycles. The van der Waals surface area contributed by atoms with Crippen LogP contribution in [0, 0.1) is 0 Å². The van der Waals surface area contributed by atoms with Crippen molar-refractivity contribution in [1.82, 2.24) is 4.90 Å². The standard InChI is InChI=1S/C14H16BrNO3/c1-16(10-3-5-11(17)6-4-10)14(19)9-2-7-12(15)13(18)8-9/h2,7-8,10,18H,3-6H2,1H3. The van der Waals surface area contributed by atoms with Gasteiger partial charge in [0.2, 0.25) is 0 Å². The van der Waals surface area contributed by atoms with Gasteiger partial charge in [-0.05, 0) is 47.0 Å². The average molecular weight is 326 g/mol. The fourth-order valence-electron chi connectivity index (χ4n) is 2.33. The maximum absolute atomic E-state index is 12.3. The van der Waals surface area contributed by atoms with Gasteiger partial charge in [-0.15, -0.1) is 0 Å². The Bertz CT molecular complexity index is 505. The topological polar surface area (TPSA) is 57.6 Å². The smallest absolute Gasteiger partial charge is 0.253 e. The minimum atomic E-state index is -0.123. The van der Waals surface area contributed by atoms with Crippen LogP contribution in [0.15, 0.2) is 22.7 Å². The van der Waals surface area contributed by atoms with Gasteiger partial charge in [-0.1, -0.05) is 0 Å². The highest BCUT2D eigenvalue weighted by Gasteiger charge is 2.26. The van der Waals surface area contributed by atoms with Gasteiger partial charge in [0.15, 0.2) is 0 Å². The number of rotatable bonds is 2. The van der Waals surface area contributed by atoms with Crippen molar-refractivity contribution < 1.29 is 14.7 Å². The molecule has 0 atom stereocenters. The van der Waals surface area contributed by atoms with Crippen LogP contribution in [0.1, 0.15) is 36.0 Å². The number of carbonyl (C=O) groups excluding carboxylic acids is 2. The summed E-state index contributed by atoms with van der Waals surface area (Å²) < 4.78 is 0.565. The van der Waals surface area contributed by atoms with Crippen molar-refractivity contribution in [3.05, 3.63) is 28.2 Å². The molecule has 1 aliphatic rings. The lowest BCUT2D eigenvalue weighted by Crippen LogP contribution is -2.39. The zero-order chi connectivity index (χ0) is 14.0. The maximum atomic E-state index is 12.3. The van der Waals surface area contributed by atoms with E-state index in [0.29, 0.717) is 22.9 Å². The van der Waals surface area contributed by atoms with Crippen molar-refractivity contribution in [2.24, 2.45) is 0 Å². The summed E-state index contributed by atoms with van der Waals surface area (Å²) in [5.41, 5.74) is 0.458. The molecule has 19 heavy (non-hydrogen) atoms. The largest absolute Gasteiger partial charge is 0.507 e. The number of benzene rings is 1. The van der Waals surface area contributed by atoms with Crippen LogP contribution in [0.2, 0.25) is 0 Å². The van der Waals surface area contributed by atoms with E-state index in [1.807, 2.05) is 0 Å². The molecule has 0 unspecified atom stereocenters. The summed E-state index contributed by atoms with van der Waals surface area (Å²) in [4.78, 5) is 25.2. The predicted molar refractivity (Wildman–Crippen MR) is 75.2 cm³/mol. The van der Waals surface area contributed by atoms with E-state index in [1.54, 1.807) is 24.1 Å². The van der Waals surface area contributed by atoms with Gasteiger partial charge in [0.25, 0.3) is 5.91 Å². The fraction of sp³-hybridized carbons (Fsp3) is 0.429. The Kier molecular flexibility index (Phi) is 4.24. The first-order chi connectivity index (χ1) is 8.99. The lowest BCUT2D eigenvalue weighted by Gasteiger charge is -2.30. The molecule has 1 aromatic rings. The van der Waals surface area contributed by atoms with Gasteiger partial charge in [-0.3, -0.25) is 9.59 Å². The van der Waals surface area contributed by atoms with Gasteiger partial charge in [0.1, 0.15) is 11.5 Å². The Balaban J connectivity index is 2.10. The summed E-state index contributed by atoms with van der Waals surface area (Å²) in [5.74, 6) is 0.207. The highest BCUT2D eigenvalue weighted by Crippen LogP contribution is 2.26. The summed E-state index contributed by atoms with van der Waals surface area (Å²) in [6.45, 7) is 0. The molecule has 5 heteroatoms. The number of hydrogen-bond donors (Lipinski definition) is 1. The number of Topliss-reactive ketones (excluding diaryl/α,β-unsaturated/α-hetero) is 1. The first kappa shape index (κ1) is 14.1. The fourth-order valence-corrected chi connectivity index (χ4v) is 2.57. The van der Waals surface area contributed by atoms with Gasteiger partial charge in [0.05, 0.1) is 4.47 Å². The molecule has 0 bridgehead atoms. The van der Waals surface area contributed by atoms with Gasteiger partial charge < -0.3 is 10.0 Å². The van der Waals surface area contributed by atoms with Crippen LogP contribution < -0.4 is 0 Å². The van der Waals surface area contributed by atoms with E-state index < -0.39 is 0 Å². The molecule has 1 N–H and O–H groups in total. The van der Waals surface area contributed by atoms with E-state index in [2.05, 4.69) is 15.9 Å². The van der Waals surface area contributed by atoms with Crippen molar-refractivity contribution in [3.8, 4) is 5.75 Å². The Labute approximate surface area is 120 Å². The van der Waals surface area contributed by atoms with Gasteiger partial charge in [0, 0.05) is 31.5 Å². The SMILES string of the molecule is CN(C(=O)c1ccc(Br)c(O)c1)C1CCC(=O)CC1. The van der Waals surface area contributed by atoms with Crippen molar-refractivity contribution >= 4 is 27.6 Å². The van der Waals surface area contributed by atoms with Crippen LogP contribution in [0.4, 0.5) is 0 Å². The maximum Gasteiger partial charge on any atom is 0.253 e. The quantitative estimate of drug-likeness (QED) is 0.909. The number of carbonyl (C=O) groups is 2. The number of aromatic hydroxyl groups is 1. The Morgan fingerprint density at radius 3 is 2.58 bits per heavy atom. The van der Waals surface area contributed by atoms with Crippen LogP contribution in [0.5, 0.6) is 5.75 Å². The summed E-state index contributed by atoms with van der Waals surface area (Å²) in [7, 11) is 1.75. The minimum absolute atomic E-state index is 0.0538. The second kappa shape index (κ2) is 5.74. The second-order valence-electron chi connectivity index (χ2n) is 4.85.